The van der Waals surface area contributed by atoms with E-state index < -0.39 is 0 Å². The van der Waals surface area contributed by atoms with Gasteiger partial charge in [-0.15, -0.1) is 6.58 Å². The van der Waals surface area contributed by atoms with Crippen LogP contribution in [0.15, 0.2) is 97.6 Å². The Morgan fingerprint density at radius 1 is 0.900 bits per heavy atom. The summed E-state index contributed by atoms with van der Waals surface area (Å²) in [6.07, 6.45) is 2.08. The van der Waals surface area contributed by atoms with Crippen LogP contribution in [0.5, 0.6) is 5.75 Å². The van der Waals surface area contributed by atoms with Gasteiger partial charge in [0.15, 0.2) is 0 Å². The van der Waals surface area contributed by atoms with Crippen LogP contribution in [0.2, 0.25) is 0 Å². The summed E-state index contributed by atoms with van der Waals surface area (Å²) >= 11 is 0. The largest absolute Gasteiger partial charge is 0.489 e. The highest BCUT2D eigenvalue weighted by Crippen LogP contribution is 2.29. The van der Waals surface area contributed by atoms with Gasteiger partial charge in [-0.3, -0.25) is 4.90 Å². The number of nitrogens with zero attached hydrogens (tertiary/aromatic N) is 1. The molecule has 2 nitrogen and oxygen atoms in total. The number of hydrogen-bond acceptors (Lipinski definition) is 2. The van der Waals surface area contributed by atoms with Crippen molar-refractivity contribution in [3.05, 3.63) is 114 Å². The summed E-state index contributed by atoms with van der Waals surface area (Å²) in [5.41, 5.74) is 3.80. The smallest absolute Gasteiger partial charge is 0.120 e. The predicted molar refractivity (Wildman–Crippen MR) is 127 cm³/mol. The van der Waals surface area contributed by atoms with Gasteiger partial charge in [0.2, 0.25) is 0 Å². The molecule has 2 heteroatoms. The maximum atomic E-state index is 6.04. The van der Waals surface area contributed by atoms with Crippen molar-refractivity contribution in [2.75, 3.05) is 13.1 Å². The molecule has 2 unspecified atom stereocenters. The second-order valence-electron chi connectivity index (χ2n) is 7.90. The molecule has 0 spiro atoms. The van der Waals surface area contributed by atoms with Gasteiger partial charge in [-0.25, -0.2) is 0 Å². The van der Waals surface area contributed by atoms with Crippen LogP contribution in [0.3, 0.4) is 0 Å². The first kappa shape index (κ1) is 21.9. The van der Waals surface area contributed by atoms with Crippen LogP contribution in [-0.2, 0) is 13.2 Å². The molecule has 0 N–H and O–H groups in total. The van der Waals surface area contributed by atoms with Gasteiger partial charge in [0.05, 0.1) is 0 Å². The van der Waals surface area contributed by atoms with E-state index in [2.05, 4.69) is 92.1 Å². The van der Waals surface area contributed by atoms with Crippen molar-refractivity contribution in [2.24, 2.45) is 5.92 Å². The van der Waals surface area contributed by atoms with Crippen LogP contribution < -0.4 is 4.74 Å². The van der Waals surface area contributed by atoms with Crippen molar-refractivity contribution in [3.8, 4) is 5.75 Å². The first-order valence-electron chi connectivity index (χ1n) is 10.8. The molecular weight excluding hydrogens is 366 g/mol. The van der Waals surface area contributed by atoms with Gasteiger partial charge < -0.3 is 4.74 Å². The van der Waals surface area contributed by atoms with E-state index in [1.54, 1.807) is 0 Å². The lowest BCUT2D eigenvalue weighted by Crippen LogP contribution is -2.30. The molecule has 0 saturated heterocycles. The Balaban J connectivity index is 1.64. The lowest BCUT2D eigenvalue weighted by molar-refractivity contribution is 0.232. The van der Waals surface area contributed by atoms with Crippen molar-refractivity contribution in [3.63, 3.8) is 0 Å². The van der Waals surface area contributed by atoms with Gasteiger partial charge in [-0.05, 0) is 41.3 Å². The molecule has 0 heterocycles. The number of hydrogen-bond donors (Lipinski definition) is 0. The second-order valence-corrected chi connectivity index (χ2v) is 7.90. The summed E-state index contributed by atoms with van der Waals surface area (Å²) in [6.45, 7) is 12.3. The van der Waals surface area contributed by atoms with Crippen molar-refractivity contribution >= 4 is 0 Å². The van der Waals surface area contributed by atoms with Crippen molar-refractivity contribution in [2.45, 2.75) is 32.9 Å². The Hall–Kier alpha value is -2.84. The quantitative estimate of drug-likeness (QED) is 0.333. The zero-order valence-corrected chi connectivity index (χ0v) is 18.2. The van der Waals surface area contributed by atoms with Gasteiger partial charge >= 0.3 is 0 Å². The first-order chi connectivity index (χ1) is 14.7. The van der Waals surface area contributed by atoms with E-state index in [-0.39, 0.29) is 5.92 Å². The molecule has 30 heavy (non-hydrogen) atoms. The Labute approximate surface area is 181 Å². The van der Waals surface area contributed by atoms with Crippen LogP contribution in [-0.4, -0.2) is 18.0 Å². The number of allylic oxidation sites excluding steroid dienone is 1. The number of rotatable bonds is 11. The van der Waals surface area contributed by atoms with Gasteiger partial charge in [0, 0.05) is 19.0 Å². The van der Waals surface area contributed by atoms with E-state index in [4.69, 9.17) is 4.74 Å². The van der Waals surface area contributed by atoms with E-state index in [1.807, 2.05) is 24.3 Å². The molecule has 0 bridgehead atoms. The minimum absolute atomic E-state index is 0.287. The van der Waals surface area contributed by atoms with Crippen LogP contribution in [0.4, 0.5) is 0 Å². The maximum Gasteiger partial charge on any atom is 0.120 e. The summed E-state index contributed by atoms with van der Waals surface area (Å²) in [4.78, 5) is 2.51. The fraction of sp³-hybridized carbons (Fsp3) is 0.286. The van der Waals surface area contributed by atoms with Gasteiger partial charge in [-0.1, -0.05) is 92.7 Å². The molecule has 0 amide bonds. The Kier molecular flexibility index (Phi) is 8.29. The average molecular weight is 400 g/mol. The normalized spacial score (nSPS) is 13.0. The zero-order valence-electron chi connectivity index (χ0n) is 18.2. The molecule has 2 atom stereocenters. The molecule has 0 aliphatic carbocycles. The molecule has 0 fully saturated rings. The third kappa shape index (κ3) is 6.33. The fourth-order valence-electron chi connectivity index (χ4n) is 3.92. The summed E-state index contributed by atoms with van der Waals surface area (Å²) in [5, 5.41) is 0. The summed E-state index contributed by atoms with van der Waals surface area (Å²) in [6, 6.07) is 29.4. The molecule has 0 radical (unpaired) electrons. The third-order valence-corrected chi connectivity index (χ3v) is 5.60. The molecule has 0 saturated carbocycles. The molecule has 0 aliphatic heterocycles. The van der Waals surface area contributed by atoms with Gasteiger partial charge in [-0.2, -0.15) is 0 Å². The van der Waals surface area contributed by atoms with E-state index in [0.717, 1.165) is 25.4 Å². The molecule has 3 aromatic rings. The summed E-state index contributed by atoms with van der Waals surface area (Å²) < 4.78 is 6.04. The zero-order chi connectivity index (χ0) is 21.2. The van der Waals surface area contributed by atoms with Crippen molar-refractivity contribution in [1.29, 1.82) is 0 Å². The van der Waals surface area contributed by atoms with Crippen LogP contribution in [0.1, 0.15) is 36.5 Å². The molecular formula is C28H33NO. The standard InChI is InChI=1S/C28H33NO/c1-4-28(23(3)20-29(5-2)21-24-13-8-6-9-14-24)26-17-12-18-27(19-26)30-22-25-15-10-7-11-16-25/h4,6-19,23,28H,1,5,20-22H2,2-3H3. The van der Waals surface area contributed by atoms with E-state index >= 15 is 0 Å². The summed E-state index contributed by atoms with van der Waals surface area (Å²) in [7, 11) is 0. The Morgan fingerprint density at radius 3 is 2.20 bits per heavy atom. The maximum absolute atomic E-state index is 6.04. The second kappa shape index (κ2) is 11.4. The van der Waals surface area contributed by atoms with Crippen LogP contribution in [0.25, 0.3) is 0 Å². The van der Waals surface area contributed by atoms with E-state index in [9.17, 15) is 0 Å². The topological polar surface area (TPSA) is 12.5 Å². The minimum atomic E-state index is 0.287. The first-order valence-corrected chi connectivity index (χ1v) is 10.8. The average Bonchev–Trinajstić information content (AvgIpc) is 2.79. The monoisotopic (exact) mass is 399 g/mol. The molecule has 3 aromatic carbocycles. The predicted octanol–water partition coefficient (Wildman–Crippen LogP) is 6.69. The Morgan fingerprint density at radius 2 is 1.57 bits per heavy atom. The van der Waals surface area contributed by atoms with E-state index in [1.165, 1.54) is 16.7 Å². The third-order valence-electron chi connectivity index (χ3n) is 5.60. The van der Waals surface area contributed by atoms with Gasteiger partial charge in [0.1, 0.15) is 12.4 Å². The van der Waals surface area contributed by atoms with Crippen LogP contribution in [0, 0.1) is 5.92 Å². The minimum Gasteiger partial charge on any atom is -0.489 e. The lowest BCUT2D eigenvalue weighted by Gasteiger charge is -2.29. The van der Waals surface area contributed by atoms with Crippen molar-refractivity contribution in [1.82, 2.24) is 4.90 Å². The van der Waals surface area contributed by atoms with Crippen LogP contribution >= 0.6 is 0 Å². The lowest BCUT2D eigenvalue weighted by atomic mass is 9.86. The summed E-state index contributed by atoms with van der Waals surface area (Å²) in [5.74, 6) is 1.65. The highest BCUT2D eigenvalue weighted by atomic mass is 16.5. The molecule has 0 aromatic heterocycles. The molecule has 156 valence electrons. The highest BCUT2D eigenvalue weighted by Gasteiger charge is 2.19. The highest BCUT2D eigenvalue weighted by molar-refractivity contribution is 5.33. The Bertz CT molecular complexity index is 891. The number of benzene rings is 3. The molecule has 3 rings (SSSR count). The SMILES string of the molecule is C=CC(c1cccc(OCc2ccccc2)c1)C(C)CN(CC)Cc1ccccc1. The van der Waals surface area contributed by atoms with Gasteiger partial charge in [0.25, 0.3) is 0 Å². The fourth-order valence-corrected chi connectivity index (χ4v) is 3.92. The molecule has 0 aliphatic rings. The van der Waals surface area contributed by atoms with E-state index in [0.29, 0.717) is 12.5 Å². The number of ether oxygens (including phenoxy) is 1. The van der Waals surface area contributed by atoms with Crippen molar-refractivity contribution < 1.29 is 4.74 Å².